The van der Waals surface area contributed by atoms with Gasteiger partial charge < -0.3 is 4.90 Å². The molecule has 0 N–H and O–H groups in total. The van der Waals surface area contributed by atoms with Gasteiger partial charge in [0.1, 0.15) is 5.69 Å². The highest BCUT2D eigenvalue weighted by atomic mass is 16.1. The van der Waals surface area contributed by atoms with Gasteiger partial charge in [-0.15, -0.1) is 0 Å². The van der Waals surface area contributed by atoms with E-state index in [1.54, 1.807) is 10.9 Å². The lowest BCUT2D eigenvalue weighted by molar-refractivity contribution is 0.380. The molecule has 1 aromatic carbocycles. The highest BCUT2D eigenvalue weighted by Crippen LogP contribution is 2.37. The molecule has 0 unspecified atom stereocenters. The molecule has 0 saturated carbocycles. The summed E-state index contributed by atoms with van der Waals surface area (Å²) >= 11 is 0. The Labute approximate surface area is 181 Å². The molecule has 158 valence electrons. The van der Waals surface area contributed by atoms with Crippen molar-refractivity contribution in [2.75, 3.05) is 20.6 Å². The third kappa shape index (κ3) is 3.55. The molecule has 4 heterocycles. The van der Waals surface area contributed by atoms with Crippen LogP contribution in [0, 0.1) is 6.92 Å². The van der Waals surface area contributed by atoms with Crippen LogP contribution in [0.15, 0.2) is 47.5 Å². The topological polar surface area (TPSA) is 68.8 Å². The van der Waals surface area contributed by atoms with E-state index in [0.29, 0.717) is 17.4 Å². The molecule has 0 atom stereocenters. The lowest BCUT2D eigenvalue weighted by Gasteiger charge is -2.12. The van der Waals surface area contributed by atoms with Gasteiger partial charge in [-0.1, -0.05) is 12.1 Å². The van der Waals surface area contributed by atoms with Crippen molar-refractivity contribution in [2.45, 2.75) is 32.9 Å². The summed E-state index contributed by atoms with van der Waals surface area (Å²) in [6.07, 6.45) is 3.71. The van der Waals surface area contributed by atoms with Crippen molar-refractivity contribution in [1.82, 2.24) is 29.2 Å². The monoisotopic (exact) mass is 414 g/mol. The Bertz CT molecular complexity index is 1330. The summed E-state index contributed by atoms with van der Waals surface area (Å²) in [5, 5.41) is 5.54. The fraction of sp³-hybridized carbons (Fsp3) is 0.333. The third-order valence-electron chi connectivity index (χ3n) is 5.87. The van der Waals surface area contributed by atoms with Gasteiger partial charge >= 0.3 is 0 Å². The molecule has 0 spiro atoms. The van der Waals surface area contributed by atoms with Gasteiger partial charge in [-0.25, -0.2) is 4.98 Å². The number of aryl methyl sites for hydroxylation is 2. The maximum absolute atomic E-state index is 13.2. The molecule has 5 rings (SSSR count). The van der Waals surface area contributed by atoms with Gasteiger partial charge in [-0.05, 0) is 63.7 Å². The quantitative estimate of drug-likeness (QED) is 0.502. The lowest BCUT2D eigenvalue weighted by Crippen LogP contribution is -2.26. The molecule has 7 heteroatoms. The minimum Gasteiger partial charge on any atom is -0.308 e. The van der Waals surface area contributed by atoms with Crippen molar-refractivity contribution in [3.05, 3.63) is 64.5 Å². The van der Waals surface area contributed by atoms with Gasteiger partial charge in [0, 0.05) is 36.6 Å². The largest absolute Gasteiger partial charge is 0.308 e. The van der Waals surface area contributed by atoms with Crippen LogP contribution in [0.25, 0.3) is 33.4 Å². The number of hydrogen-bond acceptors (Lipinski definition) is 5. The van der Waals surface area contributed by atoms with Crippen molar-refractivity contribution in [3.8, 4) is 22.5 Å². The zero-order valence-corrected chi connectivity index (χ0v) is 18.2. The number of pyridine rings is 1. The average Bonchev–Trinajstić information content (AvgIpc) is 3.34. The van der Waals surface area contributed by atoms with Crippen LogP contribution < -0.4 is 5.56 Å². The van der Waals surface area contributed by atoms with Crippen molar-refractivity contribution >= 4 is 10.9 Å². The molecule has 0 saturated heterocycles. The summed E-state index contributed by atoms with van der Waals surface area (Å²) < 4.78 is 3.79. The fourth-order valence-electron chi connectivity index (χ4n) is 4.27. The Morgan fingerprint density at radius 3 is 2.84 bits per heavy atom. The SMILES string of the molecule is Cc1cccc(-c2nn3c(c2-c2ccc4ncn(CCN(C)C)c(=O)c4c2)CCC3)n1. The van der Waals surface area contributed by atoms with Gasteiger partial charge in [-0.2, -0.15) is 5.10 Å². The van der Waals surface area contributed by atoms with E-state index in [-0.39, 0.29) is 5.56 Å². The molecule has 1 aliphatic rings. The van der Waals surface area contributed by atoms with Crippen molar-refractivity contribution < 1.29 is 0 Å². The first-order valence-corrected chi connectivity index (χ1v) is 10.7. The van der Waals surface area contributed by atoms with E-state index in [4.69, 9.17) is 10.1 Å². The van der Waals surface area contributed by atoms with Crippen LogP contribution in [-0.4, -0.2) is 49.9 Å². The van der Waals surface area contributed by atoms with E-state index in [0.717, 1.165) is 54.1 Å². The summed E-state index contributed by atoms with van der Waals surface area (Å²) in [6.45, 7) is 4.30. The summed E-state index contributed by atoms with van der Waals surface area (Å²) in [4.78, 5) is 24.5. The number of likely N-dealkylation sites (N-methyl/N-ethyl adjacent to an activating group) is 1. The number of fused-ring (bicyclic) bond motifs is 2. The first-order valence-electron chi connectivity index (χ1n) is 10.7. The zero-order valence-electron chi connectivity index (χ0n) is 18.2. The molecule has 1 aliphatic heterocycles. The first-order chi connectivity index (χ1) is 15.0. The molecule has 0 amide bonds. The van der Waals surface area contributed by atoms with Crippen LogP contribution in [0.4, 0.5) is 0 Å². The van der Waals surface area contributed by atoms with Gasteiger partial charge in [0.15, 0.2) is 0 Å². The van der Waals surface area contributed by atoms with Crippen LogP contribution in [0.3, 0.4) is 0 Å². The third-order valence-corrected chi connectivity index (χ3v) is 5.87. The van der Waals surface area contributed by atoms with Crippen LogP contribution >= 0.6 is 0 Å². The zero-order chi connectivity index (χ0) is 21.5. The fourth-order valence-corrected chi connectivity index (χ4v) is 4.27. The predicted octanol–water partition coefficient (Wildman–Crippen LogP) is 3.14. The molecule has 0 fully saturated rings. The van der Waals surface area contributed by atoms with Crippen molar-refractivity contribution in [2.24, 2.45) is 0 Å². The second-order valence-electron chi connectivity index (χ2n) is 8.44. The van der Waals surface area contributed by atoms with E-state index >= 15 is 0 Å². The summed E-state index contributed by atoms with van der Waals surface area (Å²) in [5.74, 6) is 0. The lowest BCUT2D eigenvalue weighted by atomic mass is 9.98. The Hall–Kier alpha value is -3.32. The number of rotatable bonds is 5. The molecular weight excluding hydrogens is 388 g/mol. The Morgan fingerprint density at radius 1 is 1.16 bits per heavy atom. The standard InChI is InChI=1S/C24H26N6O/c1-16-6-4-7-20(26-16)23-22(21-8-5-11-30(21)27-23)17-9-10-19-18(14-17)24(31)29(15-25-19)13-12-28(2)3/h4,6-7,9-10,14-15H,5,8,11-13H2,1-3H3. The normalized spacial score (nSPS) is 13.3. The minimum absolute atomic E-state index is 0.00672. The number of benzene rings is 1. The van der Waals surface area contributed by atoms with Gasteiger partial charge in [-0.3, -0.25) is 19.0 Å². The summed E-state index contributed by atoms with van der Waals surface area (Å²) in [6, 6.07) is 12.0. The van der Waals surface area contributed by atoms with Crippen LogP contribution in [0.5, 0.6) is 0 Å². The van der Waals surface area contributed by atoms with E-state index in [1.165, 1.54) is 5.69 Å². The van der Waals surface area contributed by atoms with E-state index in [9.17, 15) is 4.79 Å². The Balaban J connectivity index is 1.67. The summed E-state index contributed by atoms with van der Waals surface area (Å²) in [5.41, 5.74) is 6.72. The van der Waals surface area contributed by atoms with Crippen molar-refractivity contribution in [3.63, 3.8) is 0 Å². The average molecular weight is 415 g/mol. The number of nitrogens with zero attached hydrogens (tertiary/aromatic N) is 6. The minimum atomic E-state index is -0.00672. The number of aromatic nitrogens is 5. The van der Waals surface area contributed by atoms with Crippen LogP contribution in [0.1, 0.15) is 17.8 Å². The van der Waals surface area contributed by atoms with Crippen LogP contribution in [0.2, 0.25) is 0 Å². The molecule has 31 heavy (non-hydrogen) atoms. The van der Waals surface area contributed by atoms with Gasteiger partial charge in [0.05, 0.1) is 22.9 Å². The van der Waals surface area contributed by atoms with E-state index < -0.39 is 0 Å². The Morgan fingerprint density at radius 2 is 2.03 bits per heavy atom. The Kier molecular flexibility index (Phi) is 4.90. The van der Waals surface area contributed by atoms with Gasteiger partial charge in [0.25, 0.3) is 5.56 Å². The molecule has 4 aromatic rings. The smallest absolute Gasteiger partial charge is 0.261 e. The highest BCUT2D eigenvalue weighted by molar-refractivity contribution is 5.88. The van der Waals surface area contributed by atoms with Crippen LogP contribution in [-0.2, 0) is 19.5 Å². The second-order valence-corrected chi connectivity index (χ2v) is 8.44. The predicted molar refractivity (Wildman–Crippen MR) is 122 cm³/mol. The molecule has 0 radical (unpaired) electrons. The molecular formula is C24H26N6O. The first kappa shape index (κ1) is 19.6. The molecule has 0 bridgehead atoms. The number of hydrogen-bond donors (Lipinski definition) is 0. The molecule has 3 aromatic heterocycles. The van der Waals surface area contributed by atoms with E-state index in [2.05, 4.69) is 20.6 Å². The maximum Gasteiger partial charge on any atom is 0.261 e. The second kappa shape index (κ2) is 7.74. The maximum atomic E-state index is 13.2. The highest BCUT2D eigenvalue weighted by Gasteiger charge is 2.25. The van der Waals surface area contributed by atoms with Crippen molar-refractivity contribution in [1.29, 1.82) is 0 Å². The van der Waals surface area contributed by atoms with E-state index in [1.807, 2.05) is 51.4 Å². The summed E-state index contributed by atoms with van der Waals surface area (Å²) in [7, 11) is 4.00. The molecule has 7 nitrogen and oxygen atoms in total. The molecule has 0 aliphatic carbocycles. The van der Waals surface area contributed by atoms with Gasteiger partial charge in [0.2, 0.25) is 0 Å².